The summed E-state index contributed by atoms with van der Waals surface area (Å²) < 4.78 is 3.22. The van der Waals surface area contributed by atoms with Gasteiger partial charge in [0.05, 0.1) is 11.2 Å². The lowest BCUT2D eigenvalue weighted by Gasteiger charge is -2.01. The van der Waals surface area contributed by atoms with E-state index in [1.54, 1.807) is 19.2 Å². The number of carboxylic acid groups (broad SMARTS) is 1. The number of aromatic carboxylic acids is 1. The zero-order valence-corrected chi connectivity index (χ0v) is 11.0. The average molecular weight is 271 g/mol. The van der Waals surface area contributed by atoms with Crippen LogP contribution in [0.5, 0.6) is 5.75 Å². The molecule has 0 aliphatic rings. The zero-order valence-electron chi connectivity index (χ0n) is 11.0. The Morgan fingerprint density at radius 3 is 2.60 bits per heavy atom. The van der Waals surface area contributed by atoms with Gasteiger partial charge in [-0.1, -0.05) is 0 Å². The molecule has 3 aromatic rings. The fourth-order valence-electron chi connectivity index (χ4n) is 2.36. The number of aryl methyl sites for hydroxylation is 2. The highest BCUT2D eigenvalue weighted by molar-refractivity contribution is 5.90. The van der Waals surface area contributed by atoms with E-state index >= 15 is 0 Å². The van der Waals surface area contributed by atoms with E-state index in [1.807, 2.05) is 23.7 Å². The molecule has 102 valence electrons. The molecule has 20 heavy (non-hydrogen) atoms. The van der Waals surface area contributed by atoms with Crippen LogP contribution in [0.1, 0.15) is 10.5 Å². The van der Waals surface area contributed by atoms with Gasteiger partial charge in [-0.05, 0) is 18.2 Å². The van der Waals surface area contributed by atoms with Gasteiger partial charge in [0.2, 0.25) is 0 Å². The summed E-state index contributed by atoms with van der Waals surface area (Å²) in [7, 11) is 3.45. The van der Waals surface area contributed by atoms with Crippen molar-refractivity contribution in [1.82, 2.24) is 14.3 Å². The highest BCUT2D eigenvalue weighted by Gasteiger charge is 2.16. The van der Waals surface area contributed by atoms with Gasteiger partial charge in [-0.3, -0.25) is 4.68 Å². The summed E-state index contributed by atoms with van der Waals surface area (Å²) in [4.78, 5) is 11.1. The lowest BCUT2D eigenvalue weighted by molar-refractivity contribution is 0.0685. The lowest BCUT2D eigenvalue weighted by Crippen LogP contribution is -2.04. The van der Waals surface area contributed by atoms with Gasteiger partial charge in [0.25, 0.3) is 0 Å². The second kappa shape index (κ2) is 4.12. The molecule has 1 aromatic carbocycles. The first kappa shape index (κ1) is 12.3. The third kappa shape index (κ3) is 1.73. The van der Waals surface area contributed by atoms with Crippen molar-refractivity contribution < 1.29 is 15.0 Å². The predicted octanol–water partition coefficient (Wildman–Crippen LogP) is 1.98. The number of aromatic nitrogens is 3. The Kier molecular flexibility index (Phi) is 2.53. The Morgan fingerprint density at radius 1 is 1.20 bits per heavy atom. The average Bonchev–Trinajstić information content (AvgIpc) is 2.91. The van der Waals surface area contributed by atoms with Crippen LogP contribution in [-0.2, 0) is 14.1 Å². The van der Waals surface area contributed by atoms with Gasteiger partial charge in [-0.2, -0.15) is 5.10 Å². The fraction of sp³-hybridized carbons (Fsp3) is 0.143. The SMILES string of the molecule is Cn1nc(-c2cc3ccc(O)cc3n2C)cc1C(=O)O. The normalized spacial score (nSPS) is 11.1. The smallest absolute Gasteiger partial charge is 0.354 e. The Hall–Kier alpha value is -2.76. The van der Waals surface area contributed by atoms with Crippen LogP contribution in [0.3, 0.4) is 0 Å². The number of fused-ring (bicyclic) bond motifs is 1. The number of phenols is 1. The van der Waals surface area contributed by atoms with Crippen LogP contribution in [0.2, 0.25) is 0 Å². The summed E-state index contributed by atoms with van der Waals surface area (Å²) in [6.07, 6.45) is 0. The number of aromatic hydroxyl groups is 1. The molecule has 0 aliphatic heterocycles. The summed E-state index contributed by atoms with van der Waals surface area (Å²) in [6.45, 7) is 0. The number of hydrogen-bond donors (Lipinski definition) is 2. The van der Waals surface area contributed by atoms with Crippen LogP contribution in [0, 0.1) is 0 Å². The molecule has 2 heterocycles. The maximum absolute atomic E-state index is 11.1. The van der Waals surface area contributed by atoms with Crippen LogP contribution in [0.25, 0.3) is 22.3 Å². The third-order valence-corrected chi connectivity index (χ3v) is 3.39. The molecular formula is C14H13N3O3. The minimum absolute atomic E-state index is 0.133. The molecule has 0 fully saturated rings. The van der Waals surface area contributed by atoms with Crippen molar-refractivity contribution in [2.45, 2.75) is 0 Å². The van der Waals surface area contributed by atoms with E-state index in [0.717, 1.165) is 16.6 Å². The molecule has 2 aromatic heterocycles. The summed E-state index contributed by atoms with van der Waals surface area (Å²) >= 11 is 0. The minimum Gasteiger partial charge on any atom is -0.508 e. The van der Waals surface area contributed by atoms with Crippen molar-refractivity contribution in [3.63, 3.8) is 0 Å². The Labute approximate surface area is 114 Å². The number of benzene rings is 1. The number of rotatable bonds is 2. The van der Waals surface area contributed by atoms with Gasteiger partial charge in [0, 0.05) is 31.6 Å². The van der Waals surface area contributed by atoms with Gasteiger partial charge in [0.1, 0.15) is 17.1 Å². The molecule has 0 spiro atoms. The Bertz CT molecular complexity index is 830. The molecule has 2 N–H and O–H groups in total. The topological polar surface area (TPSA) is 80.3 Å². The van der Waals surface area contributed by atoms with Crippen molar-refractivity contribution in [1.29, 1.82) is 0 Å². The molecule has 0 atom stereocenters. The quantitative estimate of drug-likeness (QED) is 0.747. The second-order valence-electron chi connectivity index (χ2n) is 4.68. The van der Waals surface area contributed by atoms with Crippen LogP contribution in [-0.4, -0.2) is 30.5 Å². The van der Waals surface area contributed by atoms with Gasteiger partial charge in [-0.15, -0.1) is 0 Å². The molecule has 6 heteroatoms. The molecule has 0 radical (unpaired) electrons. The van der Waals surface area contributed by atoms with E-state index < -0.39 is 5.97 Å². The number of hydrogen-bond acceptors (Lipinski definition) is 3. The molecule has 0 saturated carbocycles. The van der Waals surface area contributed by atoms with Gasteiger partial charge in [0.15, 0.2) is 0 Å². The summed E-state index contributed by atoms with van der Waals surface area (Å²) in [6, 6.07) is 8.56. The minimum atomic E-state index is -1.01. The van der Waals surface area contributed by atoms with Crippen molar-refractivity contribution >= 4 is 16.9 Å². The summed E-state index contributed by atoms with van der Waals surface area (Å²) in [5.41, 5.74) is 2.38. The van der Waals surface area contributed by atoms with E-state index in [9.17, 15) is 9.90 Å². The molecule has 0 saturated heterocycles. The zero-order chi connectivity index (χ0) is 14.4. The van der Waals surface area contributed by atoms with Crippen molar-refractivity contribution in [3.8, 4) is 17.1 Å². The maximum Gasteiger partial charge on any atom is 0.354 e. The third-order valence-electron chi connectivity index (χ3n) is 3.39. The van der Waals surface area contributed by atoms with Crippen molar-refractivity contribution in [2.75, 3.05) is 0 Å². The molecular weight excluding hydrogens is 258 g/mol. The predicted molar refractivity (Wildman–Crippen MR) is 73.7 cm³/mol. The molecule has 6 nitrogen and oxygen atoms in total. The van der Waals surface area contributed by atoms with Crippen molar-refractivity contribution in [3.05, 3.63) is 36.0 Å². The molecule has 0 unspecified atom stereocenters. The number of carboxylic acids is 1. The van der Waals surface area contributed by atoms with E-state index in [-0.39, 0.29) is 11.4 Å². The van der Waals surface area contributed by atoms with Gasteiger partial charge < -0.3 is 14.8 Å². The molecule has 0 amide bonds. The highest BCUT2D eigenvalue weighted by atomic mass is 16.4. The van der Waals surface area contributed by atoms with E-state index in [1.165, 1.54) is 10.7 Å². The van der Waals surface area contributed by atoms with E-state index in [4.69, 9.17) is 5.11 Å². The van der Waals surface area contributed by atoms with Gasteiger partial charge in [-0.25, -0.2) is 4.79 Å². The monoisotopic (exact) mass is 271 g/mol. The van der Waals surface area contributed by atoms with Crippen molar-refractivity contribution in [2.24, 2.45) is 14.1 Å². The first-order valence-corrected chi connectivity index (χ1v) is 6.03. The van der Waals surface area contributed by atoms with Crippen LogP contribution in [0.4, 0.5) is 0 Å². The molecule has 0 bridgehead atoms. The van der Waals surface area contributed by atoms with Gasteiger partial charge >= 0.3 is 5.97 Å². The highest BCUT2D eigenvalue weighted by Crippen LogP contribution is 2.28. The molecule has 0 aliphatic carbocycles. The largest absolute Gasteiger partial charge is 0.508 e. The Morgan fingerprint density at radius 2 is 1.95 bits per heavy atom. The fourth-order valence-corrected chi connectivity index (χ4v) is 2.36. The maximum atomic E-state index is 11.1. The van der Waals surface area contributed by atoms with E-state index in [2.05, 4.69) is 5.10 Å². The summed E-state index contributed by atoms with van der Waals surface area (Å²) in [5.74, 6) is -0.819. The summed E-state index contributed by atoms with van der Waals surface area (Å²) in [5, 5.41) is 23.8. The Balaban J connectivity index is 2.22. The lowest BCUT2D eigenvalue weighted by atomic mass is 10.2. The van der Waals surface area contributed by atoms with Crippen LogP contribution in [0.15, 0.2) is 30.3 Å². The second-order valence-corrected chi connectivity index (χ2v) is 4.68. The van der Waals surface area contributed by atoms with Crippen LogP contribution < -0.4 is 0 Å². The number of nitrogens with zero attached hydrogens (tertiary/aromatic N) is 3. The molecule has 3 rings (SSSR count). The number of carbonyl (C=O) groups is 1. The van der Waals surface area contributed by atoms with Crippen LogP contribution >= 0.6 is 0 Å². The number of phenolic OH excluding ortho intramolecular Hbond substituents is 1. The first-order chi connectivity index (χ1) is 9.47. The standard InChI is InChI=1S/C14H13N3O3/c1-16-11-6-9(18)4-3-8(11)5-12(16)10-7-13(14(19)20)17(2)15-10/h3-7,18H,1-2H3,(H,19,20). The van der Waals surface area contributed by atoms with E-state index in [0.29, 0.717) is 5.69 Å². The first-order valence-electron chi connectivity index (χ1n) is 6.03.